The first kappa shape index (κ1) is 20.7. The van der Waals surface area contributed by atoms with Crippen molar-refractivity contribution in [2.45, 2.75) is 39.0 Å². The van der Waals surface area contributed by atoms with Crippen molar-refractivity contribution in [1.82, 2.24) is 0 Å². The zero-order valence-corrected chi connectivity index (χ0v) is 16.4. The van der Waals surface area contributed by atoms with Gasteiger partial charge in [-0.3, -0.25) is 20.2 Å². The summed E-state index contributed by atoms with van der Waals surface area (Å²) in [6.07, 6.45) is 0. The molecule has 0 amide bonds. The van der Waals surface area contributed by atoms with Crippen LogP contribution in [-0.2, 0) is 22.1 Å². The average molecular weight is 389 g/mol. The molecule has 9 heteroatoms. The van der Waals surface area contributed by atoms with Gasteiger partial charge in [-0.1, -0.05) is 45.0 Å². The molecule has 0 unspecified atom stereocenters. The maximum Gasteiger partial charge on any atom is 0.391 e. The van der Waals surface area contributed by atoms with Gasteiger partial charge in [0.15, 0.2) is 0 Å². The standard InChI is InChI=1S/C18H21N2O6Si/c1-18(2,3)27(25-12-14-8-4-6-10-16(14)19(21)22)26-13-15-9-5-7-11-17(15)20(23)24/h4-11H,12-13H2,1-3H3. The van der Waals surface area contributed by atoms with Crippen molar-refractivity contribution in [3.8, 4) is 0 Å². The number of hydrogen-bond donors (Lipinski definition) is 0. The summed E-state index contributed by atoms with van der Waals surface area (Å²) in [5.41, 5.74) is 0.907. The molecule has 0 aliphatic carbocycles. The number of rotatable bonds is 8. The summed E-state index contributed by atoms with van der Waals surface area (Å²) in [5, 5.41) is 21.9. The largest absolute Gasteiger partial charge is 0.391 e. The zero-order chi connectivity index (χ0) is 20.0. The second kappa shape index (κ2) is 8.85. The summed E-state index contributed by atoms with van der Waals surface area (Å²) < 4.78 is 11.8. The minimum atomic E-state index is -1.88. The summed E-state index contributed by atoms with van der Waals surface area (Å²) in [6.45, 7) is 5.92. The molecule has 0 aliphatic heterocycles. The Balaban J connectivity index is 2.12. The molecule has 0 heterocycles. The Bertz CT molecular complexity index is 760. The molecule has 0 aromatic heterocycles. The summed E-state index contributed by atoms with van der Waals surface area (Å²) >= 11 is 0. The summed E-state index contributed by atoms with van der Waals surface area (Å²) in [7, 11) is -1.88. The number of para-hydroxylation sites is 2. The first-order valence-corrected chi connectivity index (χ1v) is 9.59. The molecule has 0 bridgehead atoms. The normalized spacial score (nSPS) is 11.6. The van der Waals surface area contributed by atoms with Crippen LogP contribution in [0.5, 0.6) is 0 Å². The third-order valence-corrected chi connectivity index (χ3v) is 5.74. The van der Waals surface area contributed by atoms with Crippen LogP contribution in [0.15, 0.2) is 48.5 Å². The van der Waals surface area contributed by atoms with Gasteiger partial charge in [-0.25, -0.2) is 0 Å². The Labute approximate surface area is 158 Å². The van der Waals surface area contributed by atoms with Crippen molar-refractivity contribution < 1.29 is 18.7 Å². The molecule has 0 spiro atoms. The van der Waals surface area contributed by atoms with Crippen molar-refractivity contribution in [1.29, 1.82) is 0 Å². The minimum Gasteiger partial charge on any atom is -0.388 e. The maximum absolute atomic E-state index is 11.1. The second-order valence-electron chi connectivity index (χ2n) is 6.89. The first-order valence-electron chi connectivity index (χ1n) is 8.27. The van der Waals surface area contributed by atoms with E-state index in [1.165, 1.54) is 12.1 Å². The van der Waals surface area contributed by atoms with Crippen LogP contribution < -0.4 is 0 Å². The molecule has 0 aliphatic rings. The minimum absolute atomic E-state index is 0.00791. The van der Waals surface area contributed by atoms with Gasteiger partial charge < -0.3 is 8.85 Å². The predicted octanol–water partition coefficient (Wildman–Crippen LogP) is 4.52. The van der Waals surface area contributed by atoms with Gasteiger partial charge in [-0.05, 0) is 12.1 Å². The molecule has 2 rings (SSSR count). The van der Waals surface area contributed by atoms with Gasteiger partial charge in [0.05, 0.1) is 34.2 Å². The van der Waals surface area contributed by atoms with Crippen LogP contribution in [0.3, 0.4) is 0 Å². The van der Waals surface area contributed by atoms with E-state index < -0.39 is 19.1 Å². The van der Waals surface area contributed by atoms with E-state index in [1.807, 2.05) is 20.8 Å². The van der Waals surface area contributed by atoms with Crippen molar-refractivity contribution in [2.75, 3.05) is 0 Å². The molecule has 143 valence electrons. The Morgan fingerprint density at radius 1 is 0.815 bits per heavy atom. The lowest BCUT2D eigenvalue weighted by atomic mass is 10.2. The highest BCUT2D eigenvalue weighted by Crippen LogP contribution is 2.31. The lowest BCUT2D eigenvalue weighted by Crippen LogP contribution is -2.33. The van der Waals surface area contributed by atoms with Crippen LogP contribution in [0.4, 0.5) is 11.4 Å². The topological polar surface area (TPSA) is 105 Å². The number of benzene rings is 2. The highest BCUT2D eigenvalue weighted by atomic mass is 28.3. The Morgan fingerprint density at radius 2 is 1.19 bits per heavy atom. The molecular formula is C18H21N2O6Si. The summed E-state index contributed by atoms with van der Waals surface area (Å²) in [5.74, 6) is 0. The maximum atomic E-state index is 11.1. The monoisotopic (exact) mass is 389 g/mol. The molecule has 0 saturated heterocycles. The van der Waals surface area contributed by atoms with Gasteiger partial charge in [0, 0.05) is 17.2 Å². The van der Waals surface area contributed by atoms with E-state index >= 15 is 0 Å². The molecule has 2 aromatic carbocycles. The Kier molecular flexibility index (Phi) is 6.78. The zero-order valence-electron chi connectivity index (χ0n) is 15.4. The first-order chi connectivity index (χ1) is 12.7. The third-order valence-electron chi connectivity index (χ3n) is 3.71. The Hall–Kier alpha value is -2.62. The van der Waals surface area contributed by atoms with Crippen LogP contribution in [0.1, 0.15) is 31.9 Å². The fourth-order valence-corrected chi connectivity index (χ4v) is 3.91. The molecule has 1 radical (unpaired) electrons. The molecule has 0 N–H and O–H groups in total. The van der Waals surface area contributed by atoms with E-state index in [0.29, 0.717) is 11.1 Å². The van der Waals surface area contributed by atoms with E-state index in [9.17, 15) is 20.2 Å². The van der Waals surface area contributed by atoms with Crippen LogP contribution in [0.2, 0.25) is 5.04 Å². The molecule has 0 fully saturated rings. The SMILES string of the molecule is CC(C)(C)[Si](OCc1ccccc1[N+](=O)[O-])OCc1ccccc1[N+](=O)[O-]. The predicted molar refractivity (Wildman–Crippen MR) is 101 cm³/mol. The van der Waals surface area contributed by atoms with Gasteiger partial charge in [0.2, 0.25) is 0 Å². The van der Waals surface area contributed by atoms with E-state index in [4.69, 9.17) is 8.85 Å². The molecule has 8 nitrogen and oxygen atoms in total. The molecule has 2 aromatic rings. The lowest BCUT2D eigenvalue weighted by Gasteiger charge is -2.26. The van der Waals surface area contributed by atoms with E-state index in [-0.39, 0.29) is 29.6 Å². The fourth-order valence-electron chi connectivity index (χ4n) is 2.38. The highest BCUT2D eigenvalue weighted by molar-refractivity contribution is 6.48. The van der Waals surface area contributed by atoms with Gasteiger partial charge in [0.1, 0.15) is 0 Å². The summed E-state index contributed by atoms with van der Waals surface area (Å²) in [4.78, 5) is 21.4. The number of nitro benzene ring substituents is 2. The van der Waals surface area contributed by atoms with Crippen molar-refractivity contribution in [2.24, 2.45) is 0 Å². The van der Waals surface area contributed by atoms with Gasteiger partial charge >= 0.3 is 9.28 Å². The quantitative estimate of drug-likeness (QED) is 0.373. The van der Waals surface area contributed by atoms with Crippen molar-refractivity contribution in [3.63, 3.8) is 0 Å². The molecule has 0 saturated carbocycles. The van der Waals surface area contributed by atoms with Gasteiger partial charge in [-0.2, -0.15) is 0 Å². The highest BCUT2D eigenvalue weighted by Gasteiger charge is 2.33. The third kappa shape index (κ3) is 5.68. The van der Waals surface area contributed by atoms with Gasteiger partial charge in [-0.15, -0.1) is 0 Å². The fraction of sp³-hybridized carbons (Fsp3) is 0.333. The van der Waals surface area contributed by atoms with Crippen molar-refractivity contribution >= 4 is 20.7 Å². The molecule has 27 heavy (non-hydrogen) atoms. The van der Waals surface area contributed by atoms with Crippen LogP contribution in [0.25, 0.3) is 0 Å². The average Bonchev–Trinajstić information content (AvgIpc) is 2.61. The van der Waals surface area contributed by atoms with Crippen LogP contribution in [-0.4, -0.2) is 19.1 Å². The second-order valence-corrected chi connectivity index (χ2v) is 9.54. The van der Waals surface area contributed by atoms with E-state index in [2.05, 4.69) is 0 Å². The van der Waals surface area contributed by atoms with Crippen LogP contribution >= 0.6 is 0 Å². The number of nitro groups is 2. The van der Waals surface area contributed by atoms with Crippen LogP contribution in [0, 0.1) is 20.2 Å². The van der Waals surface area contributed by atoms with Crippen molar-refractivity contribution in [3.05, 3.63) is 79.9 Å². The summed E-state index contributed by atoms with van der Waals surface area (Å²) in [6, 6.07) is 12.8. The number of nitrogens with zero attached hydrogens (tertiary/aromatic N) is 2. The number of hydrogen-bond acceptors (Lipinski definition) is 6. The van der Waals surface area contributed by atoms with E-state index in [1.54, 1.807) is 36.4 Å². The lowest BCUT2D eigenvalue weighted by molar-refractivity contribution is -0.385. The van der Waals surface area contributed by atoms with E-state index in [0.717, 1.165) is 0 Å². The Morgan fingerprint density at radius 3 is 1.52 bits per heavy atom. The molecular weight excluding hydrogens is 368 g/mol. The van der Waals surface area contributed by atoms with Gasteiger partial charge in [0.25, 0.3) is 11.4 Å². The molecule has 0 atom stereocenters. The smallest absolute Gasteiger partial charge is 0.388 e.